The summed E-state index contributed by atoms with van der Waals surface area (Å²) >= 11 is 3.45. The summed E-state index contributed by atoms with van der Waals surface area (Å²) in [4.78, 5) is 12.2. The Labute approximate surface area is 127 Å². The van der Waals surface area contributed by atoms with Crippen LogP contribution in [0.1, 0.15) is 29.8 Å². The number of halogens is 1. The van der Waals surface area contributed by atoms with Crippen LogP contribution >= 0.6 is 15.9 Å². The van der Waals surface area contributed by atoms with Gasteiger partial charge in [0.2, 0.25) is 0 Å². The van der Waals surface area contributed by atoms with Crippen LogP contribution in [-0.4, -0.2) is 12.1 Å². The molecule has 0 amide bonds. The molecule has 0 fully saturated rings. The van der Waals surface area contributed by atoms with Gasteiger partial charge in [0, 0.05) is 5.33 Å². The highest BCUT2D eigenvalue weighted by molar-refractivity contribution is 9.08. The Hall–Kier alpha value is -1.61. The molecule has 3 heteroatoms. The highest BCUT2D eigenvalue weighted by atomic mass is 79.9. The first-order valence-electron chi connectivity index (χ1n) is 6.57. The number of benzene rings is 2. The summed E-state index contributed by atoms with van der Waals surface area (Å²) in [6.07, 6.45) is -0.121. The second-order valence-corrected chi connectivity index (χ2v) is 5.39. The number of hydrogen-bond donors (Lipinski definition) is 0. The van der Waals surface area contributed by atoms with E-state index >= 15 is 0 Å². The van der Waals surface area contributed by atoms with Crippen LogP contribution < -0.4 is 0 Å². The molecular formula is C17H17BrO2. The summed E-state index contributed by atoms with van der Waals surface area (Å²) < 4.78 is 5.31. The number of ether oxygens (including phenoxy) is 1. The Kier molecular flexibility index (Phi) is 4.96. The smallest absolute Gasteiger partial charge is 0.339 e. The van der Waals surface area contributed by atoms with Crippen LogP contribution in [0, 0.1) is 0 Å². The Balaban J connectivity index is 2.43. The van der Waals surface area contributed by atoms with Gasteiger partial charge in [-0.15, -0.1) is 0 Å². The average Bonchev–Trinajstić information content (AvgIpc) is 2.46. The molecule has 0 spiro atoms. The summed E-state index contributed by atoms with van der Waals surface area (Å²) in [6, 6.07) is 15.7. The minimum Gasteiger partial charge on any atom is -0.459 e. The molecule has 2 aromatic carbocycles. The van der Waals surface area contributed by atoms with Crippen molar-refractivity contribution in [3.8, 4) is 11.1 Å². The molecule has 0 aliphatic carbocycles. The minimum atomic E-state index is -0.278. The molecule has 0 saturated heterocycles. The Morgan fingerprint density at radius 1 is 1.15 bits per heavy atom. The van der Waals surface area contributed by atoms with Gasteiger partial charge in [-0.3, -0.25) is 0 Å². The van der Waals surface area contributed by atoms with Crippen molar-refractivity contribution in [3.05, 3.63) is 59.7 Å². The number of carbonyl (C=O) groups excluding carboxylic acids is 1. The maximum atomic E-state index is 12.2. The molecule has 0 unspecified atom stereocenters. The molecule has 0 aromatic heterocycles. The van der Waals surface area contributed by atoms with E-state index in [9.17, 15) is 4.79 Å². The van der Waals surface area contributed by atoms with Crippen molar-refractivity contribution >= 4 is 21.9 Å². The first-order chi connectivity index (χ1) is 9.61. The van der Waals surface area contributed by atoms with Crippen molar-refractivity contribution in [2.24, 2.45) is 0 Å². The van der Waals surface area contributed by atoms with Gasteiger partial charge in [-0.05, 0) is 36.6 Å². The first-order valence-corrected chi connectivity index (χ1v) is 7.69. The Morgan fingerprint density at radius 3 is 2.60 bits per heavy atom. The molecule has 2 aromatic rings. The maximum Gasteiger partial charge on any atom is 0.339 e. The van der Waals surface area contributed by atoms with Crippen LogP contribution in [0.25, 0.3) is 11.1 Å². The van der Waals surface area contributed by atoms with E-state index in [-0.39, 0.29) is 12.1 Å². The van der Waals surface area contributed by atoms with Crippen LogP contribution in [-0.2, 0) is 10.1 Å². The lowest BCUT2D eigenvalue weighted by atomic mass is 9.98. The fourth-order valence-electron chi connectivity index (χ4n) is 2.01. The Bertz CT molecular complexity index is 605. The zero-order valence-electron chi connectivity index (χ0n) is 11.6. The molecule has 0 atom stereocenters. The van der Waals surface area contributed by atoms with E-state index in [4.69, 9.17) is 4.74 Å². The van der Waals surface area contributed by atoms with Gasteiger partial charge in [0.1, 0.15) is 0 Å². The molecule has 2 nitrogen and oxygen atoms in total. The van der Waals surface area contributed by atoms with Crippen molar-refractivity contribution in [2.75, 3.05) is 0 Å². The second kappa shape index (κ2) is 6.71. The third-order valence-corrected chi connectivity index (χ3v) is 3.53. The summed E-state index contributed by atoms with van der Waals surface area (Å²) in [5.41, 5.74) is 3.71. The van der Waals surface area contributed by atoms with Gasteiger partial charge < -0.3 is 4.74 Å². The molecular weight excluding hydrogens is 316 g/mol. The molecule has 0 aliphatic rings. The van der Waals surface area contributed by atoms with Gasteiger partial charge in [0.15, 0.2) is 0 Å². The van der Waals surface area contributed by atoms with Crippen LogP contribution in [0.15, 0.2) is 48.5 Å². The lowest BCUT2D eigenvalue weighted by Gasteiger charge is -2.12. The van der Waals surface area contributed by atoms with Crippen LogP contribution in [0.3, 0.4) is 0 Å². The van der Waals surface area contributed by atoms with E-state index in [1.165, 1.54) is 5.56 Å². The molecule has 0 heterocycles. The second-order valence-electron chi connectivity index (χ2n) is 4.83. The van der Waals surface area contributed by atoms with Crippen molar-refractivity contribution in [2.45, 2.75) is 25.3 Å². The van der Waals surface area contributed by atoms with Gasteiger partial charge >= 0.3 is 5.97 Å². The Morgan fingerprint density at radius 2 is 1.90 bits per heavy atom. The third kappa shape index (κ3) is 3.48. The summed E-state index contributed by atoms with van der Waals surface area (Å²) in [6.45, 7) is 3.71. The van der Waals surface area contributed by atoms with Gasteiger partial charge in [-0.1, -0.05) is 58.4 Å². The predicted octanol–water partition coefficient (Wildman–Crippen LogP) is 4.81. The molecule has 0 saturated carbocycles. The maximum absolute atomic E-state index is 12.2. The molecule has 104 valence electrons. The van der Waals surface area contributed by atoms with E-state index < -0.39 is 0 Å². The lowest BCUT2D eigenvalue weighted by Crippen LogP contribution is -2.12. The molecule has 0 bridgehead atoms. The summed E-state index contributed by atoms with van der Waals surface area (Å²) in [7, 11) is 0. The zero-order valence-corrected chi connectivity index (χ0v) is 13.2. The van der Waals surface area contributed by atoms with Gasteiger partial charge in [0.05, 0.1) is 11.7 Å². The summed E-state index contributed by atoms with van der Waals surface area (Å²) in [5.74, 6) is -0.278. The number of hydrogen-bond acceptors (Lipinski definition) is 2. The summed E-state index contributed by atoms with van der Waals surface area (Å²) in [5, 5.41) is 0.791. The largest absolute Gasteiger partial charge is 0.459 e. The van der Waals surface area contributed by atoms with E-state index in [0.29, 0.717) is 5.56 Å². The van der Waals surface area contributed by atoms with Gasteiger partial charge in [0.25, 0.3) is 0 Å². The quantitative estimate of drug-likeness (QED) is 0.593. The van der Waals surface area contributed by atoms with Crippen molar-refractivity contribution in [1.82, 2.24) is 0 Å². The van der Waals surface area contributed by atoms with Gasteiger partial charge in [-0.2, -0.15) is 0 Å². The molecule has 20 heavy (non-hydrogen) atoms. The number of carbonyl (C=O) groups is 1. The number of esters is 1. The third-order valence-electron chi connectivity index (χ3n) is 2.88. The fraction of sp³-hybridized carbons (Fsp3) is 0.235. The molecule has 0 aliphatic heterocycles. The standard InChI is InChI=1S/C17H17BrO2/c1-12(2)20-17(19)16-9-4-3-8-15(16)14-7-5-6-13(10-14)11-18/h3-10,12H,11H2,1-2H3. The van der Waals surface area contributed by atoms with Crippen molar-refractivity contribution < 1.29 is 9.53 Å². The fourth-order valence-corrected chi connectivity index (χ4v) is 2.36. The van der Waals surface area contributed by atoms with Crippen LogP contribution in [0.5, 0.6) is 0 Å². The van der Waals surface area contributed by atoms with E-state index in [0.717, 1.165) is 16.5 Å². The number of alkyl halides is 1. The average molecular weight is 333 g/mol. The SMILES string of the molecule is CC(C)OC(=O)c1ccccc1-c1cccc(CBr)c1. The van der Waals surface area contributed by atoms with Gasteiger partial charge in [-0.25, -0.2) is 4.79 Å². The highest BCUT2D eigenvalue weighted by Gasteiger charge is 2.14. The van der Waals surface area contributed by atoms with Crippen LogP contribution in [0.2, 0.25) is 0 Å². The van der Waals surface area contributed by atoms with Crippen LogP contribution in [0.4, 0.5) is 0 Å². The molecule has 0 radical (unpaired) electrons. The normalized spacial score (nSPS) is 10.6. The topological polar surface area (TPSA) is 26.3 Å². The first kappa shape index (κ1) is 14.8. The predicted molar refractivity (Wildman–Crippen MR) is 85.1 cm³/mol. The van der Waals surface area contributed by atoms with E-state index in [1.54, 1.807) is 6.07 Å². The van der Waals surface area contributed by atoms with E-state index in [2.05, 4.69) is 22.0 Å². The van der Waals surface area contributed by atoms with E-state index in [1.807, 2.05) is 50.2 Å². The molecule has 2 rings (SSSR count). The molecule has 0 N–H and O–H groups in total. The monoisotopic (exact) mass is 332 g/mol. The van der Waals surface area contributed by atoms with Crippen molar-refractivity contribution in [1.29, 1.82) is 0 Å². The van der Waals surface area contributed by atoms with Crippen molar-refractivity contribution in [3.63, 3.8) is 0 Å². The lowest BCUT2D eigenvalue weighted by molar-refractivity contribution is 0.0379. The highest BCUT2D eigenvalue weighted by Crippen LogP contribution is 2.26. The minimum absolute atomic E-state index is 0.121. The zero-order chi connectivity index (χ0) is 14.5. The number of rotatable bonds is 4.